The fourth-order valence-electron chi connectivity index (χ4n) is 4.71. The maximum atomic E-state index is 9.11. The lowest BCUT2D eigenvalue weighted by atomic mass is 9.82. The van der Waals surface area contributed by atoms with Gasteiger partial charge in [0.25, 0.3) is 0 Å². The fraction of sp³-hybridized carbons (Fsp3) is 0.867. The molecule has 0 aromatic heterocycles. The Hall–Kier alpha value is -0.300. The summed E-state index contributed by atoms with van der Waals surface area (Å²) in [5.41, 5.74) is 3.65. The second-order valence-corrected chi connectivity index (χ2v) is 6.16. The average Bonchev–Trinajstić information content (AvgIpc) is 2.88. The summed E-state index contributed by atoms with van der Waals surface area (Å²) in [6.45, 7) is 2.70. The van der Waals surface area contributed by atoms with Gasteiger partial charge in [0, 0.05) is 6.61 Å². The summed E-state index contributed by atoms with van der Waals surface area (Å²) < 4.78 is 0. The van der Waals surface area contributed by atoms with Crippen LogP contribution in [-0.2, 0) is 0 Å². The summed E-state index contributed by atoms with van der Waals surface area (Å²) in [7, 11) is 0. The van der Waals surface area contributed by atoms with Crippen molar-refractivity contribution in [2.75, 3.05) is 6.61 Å². The molecule has 0 spiro atoms. The van der Waals surface area contributed by atoms with Crippen LogP contribution >= 0.6 is 0 Å². The molecule has 2 saturated carbocycles. The van der Waals surface area contributed by atoms with Crippen LogP contribution < -0.4 is 0 Å². The molecule has 90 valence electrons. The van der Waals surface area contributed by atoms with Crippen LogP contribution in [0.25, 0.3) is 0 Å². The lowest BCUT2D eigenvalue weighted by molar-refractivity contribution is 0.255. The van der Waals surface area contributed by atoms with Gasteiger partial charge in [-0.1, -0.05) is 30.9 Å². The van der Waals surface area contributed by atoms with Gasteiger partial charge < -0.3 is 5.11 Å². The minimum Gasteiger partial charge on any atom is -0.396 e. The van der Waals surface area contributed by atoms with Crippen molar-refractivity contribution < 1.29 is 5.11 Å². The van der Waals surface area contributed by atoms with E-state index >= 15 is 0 Å². The lowest BCUT2D eigenvalue weighted by Gasteiger charge is -2.23. The largest absolute Gasteiger partial charge is 0.396 e. The third kappa shape index (κ3) is 1.55. The zero-order chi connectivity index (χ0) is 11.1. The normalized spacial score (nSPS) is 40.9. The van der Waals surface area contributed by atoms with Crippen LogP contribution in [-0.4, -0.2) is 11.7 Å². The maximum absolute atomic E-state index is 9.11. The Labute approximate surface area is 98.9 Å². The molecule has 0 radical (unpaired) electrons. The van der Waals surface area contributed by atoms with Crippen LogP contribution in [0.4, 0.5) is 0 Å². The quantitative estimate of drug-likeness (QED) is 0.719. The molecule has 3 aliphatic rings. The van der Waals surface area contributed by atoms with Crippen LogP contribution in [0.15, 0.2) is 11.1 Å². The van der Waals surface area contributed by atoms with Gasteiger partial charge in [0.15, 0.2) is 0 Å². The molecule has 0 aromatic carbocycles. The highest BCUT2D eigenvalue weighted by atomic mass is 16.3. The van der Waals surface area contributed by atoms with E-state index in [0.29, 0.717) is 6.61 Å². The summed E-state index contributed by atoms with van der Waals surface area (Å²) in [5, 5.41) is 9.11. The minimum atomic E-state index is 0.386. The van der Waals surface area contributed by atoms with Gasteiger partial charge in [-0.25, -0.2) is 0 Å². The van der Waals surface area contributed by atoms with Gasteiger partial charge in [-0.3, -0.25) is 0 Å². The van der Waals surface area contributed by atoms with Crippen molar-refractivity contribution in [3.05, 3.63) is 11.1 Å². The number of allylic oxidation sites excluding steroid dienone is 2. The van der Waals surface area contributed by atoms with Crippen molar-refractivity contribution in [2.24, 2.45) is 23.7 Å². The van der Waals surface area contributed by atoms with E-state index in [1.807, 2.05) is 5.57 Å². The molecule has 0 saturated heterocycles. The van der Waals surface area contributed by atoms with Crippen molar-refractivity contribution in [1.29, 1.82) is 0 Å². The van der Waals surface area contributed by atoms with E-state index in [2.05, 4.69) is 6.92 Å². The number of hydrogen-bond donors (Lipinski definition) is 1. The molecule has 0 heterocycles. The number of rotatable bonds is 4. The Morgan fingerprint density at radius 3 is 2.75 bits per heavy atom. The van der Waals surface area contributed by atoms with Gasteiger partial charge in [0.2, 0.25) is 0 Å². The fourth-order valence-corrected chi connectivity index (χ4v) is 4.71. The van der Waals surface area contributed by atoms with Crippen molar-refractivity contribution in [1.82, 2.24) is 0 Å². The van der Waals surface area contributed by atoms with Gasteiger partial charge in [-0.2, -0.15) is 0 Å². The maximum Gasteiger partial charge on any atom is 0.0436 e. The summed E-state index contributed by atoms with van der Waals surface area (Å²) in [6.07, 6.45) is 9.50. The number of aliphatic hydroxyl groups excluding tert-OH is 1. The molecule has 16 heavy (non-hydrogen) atoms. The van der Waals surface area contributed by atoms with E-state index in [0.717, 1.165) is 30.1 Å². The van der Waals surface area contributed by atoms with Gasteiger partial charge in [0.1, 0.15) is 0 Å². The summed E-state index contributed by atoms with van der Waals surface area (Å²) in [5.74, 6) is 3.71. The van der Waals surface area contributed by atoms with Crippen molar-refractivity contribution in [3.63, 3.8) is 0 Å². The topological polar surface area (TPSA) is 20.2 Å². The van der Waals surface area contributed by atoms with Crippen molar-refractivity contribution in [3.8, 4) is 0 Å². The van der Waals surface area contributed by atoms with Crippen molar-refractivity contribution >= 4 is 0 Å². The predicted octanol–water partition coefficient (Wildman–Crippen LogP) is 3.53. The smallest absolute Gasteiger partial charge is 0.0436 e. The van der Waals surface area contributed by atoms with Crippen LogP contribution in [0.2, 0.25) is 0 Å². The van der Waals surface area contributed by atoms with E-state index < -0.39 is 0 Å². The second-order valence-electron chi connectivity index (χ2n) is 6.16. The molecule has 0 aliphatic heterocycles. The van der Waals surface area contributed by atoms with Crippen molar-refractivity contribution in [2.45, 2.75) is 51.9 Å². The molecule has 1 heteroatoms. The van der Waals surface area contributed by atoms with E-state index in [1.165, 1.54) is 38.5 Å². The average molecular weight is 220 g/mol. The zero-order valence-corrected chi connectivity index (χ0v) is 10.4. The molecular formula is C15H24O. The monoisotopic (exact) mass is 220 g/mol. The van der Waals surface area contributed by atoms with Crippen LogP contribution in [0, 0.1) is 23.7 Å². The molecule has 2 fully saturated rings. The van der Waals surface area contributed by atoms with E-state index in [4.69, 9.17) is 5.11 Å². The first-order chi connectivity index (χ1) is 7.83. The van der Waals surface area contributed by atoms with E-state index in [-0.39, 0.29) is 0 Å². The highest BCUT2D eigenvalue weighted by Crippen LogP contribution is 2.59. The molecule has 2 bridgehead atoms. The Morgan fingerprint density at radius 2 is 2.00 bits per heavy atom. The van der Waals surface area contributed by atoms with Gasteiger partial charge in [-0.05, 0) is 55.8 Å². The molecule has 4 atom stereocenters. The zero-order valence-electron chi connectivity index (χ0n) is 10.4. The number of hydrogen-bond acceptors (Lipinski definition) is 1. The molecule has 3 aliphatic carbocycles. The highest BCUT2D eigenvalue weighted by Gasteiger charge is 2.47. The molecule has 0 amide bonds. The Balaban J connectivity index is 1.75. The third-order valence-electron chi connectivity index (χ3n) is 5.26. The van der Waals surface area contributed by atoms with E-state index in [1.54, 1.807) is 5.57 Å². The van der Waals surface area contributed by atoms with Crippen LogP contribution in [0.3, 0.4) is 0 Å². The van der Waals surface area contributed by atoms with E-state index in [9.17, 15) is 0 Å². The Morgan fingerprint density at radius 1 is 1.12 bits per heavy atom. The molecule has 1 nitrogen and oxygen atoms in total. The lowest BCUT2D eigenvalue weighted by Crippen LogP contribution is -2.13. The standard InChI is InChI=1S/C15H24O/c1-2-3-10-6-13-12-8-11(4-5-16)14(9-12)15(13)7-10/h10-13,16H,2-9H2,1H3. The Kier molecular flexibility index (Phi) is 2.83. The Bertz CT molecular complexity index is 305. The van der Waals surface area contributed by atoms with Gasteiger partial charge >= 0.3 is 0 Å². The number of fused-ring (bicyclic) bond motifs is 4. The van der Waals surface area contributed by atoms with Crippen LogP contribution in [0.1, 0.15) is 51.9 Å². The summed E-state index contributed by atoms with van der Waals surface area (Å²) in [4.78, 5) is 0. The molecule has 4 unspecified atom stereocenters. The first kappa shape index (κ1) is 10.8. The predicted molar refractivity (Wildman–Crippen MR) is 66.1 cm³/mol. The van der Waals surface area contributed by atoms with Crippen LogP contribution in [0.5, 0.6) is 0 Å². The molecule has 0 aromatic rings. The summed E-state index contributed by atoms with van der Waals surface area (Å²) >= 11 is 0. The minimum absolute atomic E-state index is 0.386. The van der Waals surface area contributed by atoms with Gasteiger partial charge in [0.05, 0.1) is 0 Å². The molecular weight excluding hydrogens is 196 g/mol. The molecule has 1 N–H and O–H groups in total. The second kappa shape index (κ2) is 4.18. The third-order valence-corrected chi connectivity index (χ3v) is 5.26. The van der Waals surface area contributed by atoms with Gasteiger partial charge in [-0.15, -0.1) is 0 Å². The summed E-state index contributed by atoms with van der Waals surface area (Å²) in [6, 6.07) is 0. The first-order valence-corrected chi connectivity index (χ1v) is 7.16. The first-order valence-electron chi connectivity index (χ1n) is 7.16. The molecule has 3 rings (SSSR count). The number of aliphatic hydroxyl groups is 1. The SMILES string of the molecule is CCCC1CC2=C3CC(CC3CCO)C2C1. The highest BCUT2D eigenvalue weighted by molar-refractivity contribution is 5.34.